The highest BCUT2D eigenvalue weighted by molar-refractivity contribution is 5.15. The fourth-order valence-electron chi connectivity index (χ4n) is 6.22. The summed E-state index contributed by atoms with van der Waals surface area (Å²) in [6, 6.07) is 10.9. The Balaban J connectivity index is 1.60. The minimum atomic E-state index is 1.10. The van der Waals surface area contributed by atoms with E-state index in [9.17, 15) is 0 Å². The lowest BCUT2D eigenvalue weighted by molar-refractivity contribution is 0.521. The van der Waals surface area contributed by atoms with Gasteiger partial charge in [0.15, 0.2) is 0 Å². The number of unbranched alkanes of at least 4 members (excludes halogenated alkanes) is 21. The first-order valence-corrected chi connectivity index (χ1v) is 18.4. The van der Waals surface area contributed by atoms with Gasteiger partial charge in [-0.15, -0.1) is 0 Å². The molecular formula is C39H68N2. The standard InChI is InChI=1S/C39H68N2/c1-3-5-7-9-11-13-14-15-16-17-18-19-20-22-27-34-39-40-38(33-29-32-37-30-25-24-26-31-37)36-41(39)35-28-23-21-12-10-8-6-4-2/h24-26,30-31,36H,3-23,27-29,32-35H2,1-2H3. The second-order valence-electron chi connectivity index (χ2n) is 12.9. The Hall–Kier alpha value is -1.57. The molecule has 1 aromatic carbocycles. The number of imidazole rings is 1. The van der Waals surface area contributed by atoms with Gasteiger partial charge in [-0.3, -0.25) is 0 Å². The van der Waals surface area contributed by atoms with Crippen molar-refractivity contribution in [1.82, 2.24) is 9.55 Å². The van der Waals surface area contributed by atoms with Crippen LogP contribution in [0, 0.1) is 0 Å². The van der Waals surface area contributed by atoms with Crippen molar-refractivity contribution < 1.29 is 0 Å². The van der Waals surface area contributed by atoms with Gasteiger partial charge in [0.25, 0.3) is 0 Å². The molecule has 0 amide bonds. The third-order valence-corrected chi connectivity index (χ3v) is 8.91. The average Bonchev–Trinajstić information content (AvgIpc) is 3.38. The monoisotopic (exact) mass is 565 g/mol. The Morgan fingerprint density at radius 2 is 0.927 bits per heavy atom. The molecule has 1 heterocycles. The number of rotatable bonds is 29. The highest BCUT2D eigenvalue weighted by atomic mass is 15.1. The van der Waals surface area contributed by atoms with E-state index in [0.717, 1.165) is 25.8 Å². The summed E-state index contributed by atoms with van der Waals surface area (Å²) in [6.45, 7) is 5.77. The number of aryl methyl sites for hydroxylation is 4. The quantitative estimate of drug-likeness (QED) is 0.0898. The SMILES string of the molecule is CCCCCCCCCCCCCCCCCc1nc(CCCc2ccccc2)cn1CCCCCCCCCC. The third kappa shape index (κ3) is 19.3. The summed E-state index contributed by atoms with van der Waals surface area (Å²) in [5.41, 5.74) is 2.76. The number of hydrogen-bond acceptors (Lipinski definition) is 1. The minimum Gasteiger partial charge on any atom is -0.335 e. The van der Waals surface area contributed by atoms with Crippen molar-refractivity contribution >= 4 is 0 Å². The lowest BCUT2D eigenvalue weighted by Crippen LogP contribution is -2.03. The van der Waals surface area contributed by atoms with Crippen LogP contribution in [0.2, 0.25) is 0 Å². The van der Waals surface area contributed by atoms with Gasteiger partial charge in [0.2, 0.25) is 0 Å². The van der Waals surface area contributed by atoms with Gasteiger partial charge < -0.3 is 4.57 Å². The predicted molar refractivity (Wildman–Crippen MR) is 182 cm³/mol. The molecule has 0 fully saturated rings. The summed E-state index contributed by atoms with van der Waals surface area (Å²) in [5, 5.41) is 0. The topological polar surface area (TPSA) is 17.8 Å². The number of aromatic nitrogens is 2. The Kier molecular flexibility index (Phi) is 22.7. The van der Waals surface area contributed by atoms with Crippen molar-refractivity contribution in [2.24, 2.45) is 0 Å². The highest BCUT2D eigenvalue weighted by Gasteiger charge is 2.09. The molecule has 0 unspecified atom stereocenters. The van der Waals surface area contributed by atoms with Crippen LogP contribution in [0.15, 0.2) is 36.5 Å². The van der Waals surface area contributed by atoms with Gasteiger partial charge in [-0.2, -0.15) is 0 Å². The fraction of sp³-hybridized carbons (Fsp3) is 0.769. The van der Waals surface area contributed by atoms with Crippen LogP contribution >= 0.6 is 0 Å². The van der Waals surface area contributed by atoms with Crippen molar-refractivity contribution in [3.63, 3.8) is 0 Å². The normalized spacial score (nSPS) is 11.5. The van der Waals surface area contributed by atoms with Crippen LogP contribution < -0.4 is 0 Å². The van der Waals surface area contributed by atoms with Crippen LogP contribution in [0.4, 0.5) is 0 Å². The van der Waals surface area contributed by atoms with Gasteiger partial charge in [-0.25, -0.2) is 4.98 Å². The molecule has 0 bridgehead atoms. The molecular weight excluding hydrogens is 496 g/mol. The van der Waals surface area contributed by atoms with E-state index in [2.05, 4.69) is 54.9 Å². The molecule has 234 valence electrons. The zero-order chi connectivity index (χ0) is 29.1. The number of benzene rings is 1. The average molecular weight is 565 g/mol. The first-order chi connectivity index (χ1) is 20.3. The molecule has 2 heteroatoms. The minimum absolute atomic E-state index is 1.10. The zero-order valence-corrected chi connectivity index (χ0v) is 27.7. The fourth-order valence-corrected chi connectivity index (χ4v) is 6.22. The lowest BCUT2D eigenvalue weighted by Gasteiger charge is -2.08. The maximum absolute atomic E-state index is 5.16. The van der Waals surface area contributed by atoms with Crippen LogP contribution in [0.25, 0.3) is 0 Å². The largest absolute Gasteiger partial charge is 0.335 e. The van der Waals surface area contributed by atoms with Crippen molar-refractivity contribution in [3.05, 3.63) is 53.6 Å². The number of nitrogens with zero attached hydrogens (tertiary/aromatic N) is 2. The zero-order valence-electron chi connectivity index (χ0n) is 27.7. The van der Waals surface area contributed by atoms with Crippen molar-refractivity contribution in [2.45, 2.75) is 194 Å². The van der Waals surface area contributed by atoms with Gasteiger partial charge in [0.1, 0.15) is 5.82 Å². The molecule has 2 rings (SSSR count). The maximum Gasteiger partial charge on any atom is 0.108 e. The first-order valence-electron chi connectivity index (χ1n) is 18.4. The van der Waals surface area contributed by atoms with Crippen LogP contribution in [-0.4, -0.2) is 9.55 Å². The molecule has 2 aromatic rings. The van der Waals surface area contributed by atoms with Crippen molar-refractivity contribution in [3.8, 4) is 0 Å². The molecule has 0 aliphatic carbocycles. The summed E-state index contributed by atoms with van der Waals surface area (Å²) in [6.07, 6.45) is 39.5. The van der Waals surface area contributed by atoms with Crippen LogP contribution in [0.5, 0.6) is 0 Å². The van der Waals surface area contributed by atoms with E-state index in [-0.39, 0.29) is 0 Å². The summed E-state index contributed by atoms with van der Waals surface area (Å²) in [5.74, 6) is 1.36. The molecule has 0 saturated heterocycles. The molecule has 2 nitrogen and oxygen atoms in total. The summed E-state index contributed by atoms with van der Waals surface area (Å²) >= 11 is 0. The van der Waals surface area contributed by atoms with E-state index < -0.39 is 0 Å². The van der Waals surface area contributed by atoms with Gasteiger partial charge in [-0.05, 0) is 37.7 Å². The van der Waals surface area contributed by atoms with Crippen LogP contribution in [0.3, 0.4) is 0 Å². The second-order valence-corrected chi connectivity index (χ2v) is 12.9. The molecule has 41 heavy (non-hydrogen) atoms. The molecule has 0 atom stereocenters. The van der Waals surface area contributed by atoms with Crippen LogP contribution in [0.1, 0.15) is 185 Å². The third-order valence-electron chi connectivity index (χ3n) is 8.91. The van der Waals surface area contributed by atoms with E-state index in [1.165, 1.54) is 171 Å². The van der Waals surface area contributed by atoms with E-state index >= 15 is 0 Å². The first kappa shape index (κ1) is 35.6. The predicted octanol–water partition coefficient (Wildman–Crippen LogP) is 12.6. The van der Waals surface area contributed by atoms with Gasteiger partial charge in [0, 0.05) is 19.2 Å². The molecule has 1 aromatic heterocycles. The molecule has 0 aliphatic heterocycles. The molecule has 0 aliphatic rings. The second kappa shape index (κ2) is 26.1. The summed E-state index contributed by atoms with van der Waals surface area (Å²) < 4.78 is 2.53. The van der Waals surface area contributed by atoms with E-state index in [1.54, 1.807) is 0 Å². The molecule has 0 saturated carbocycles. The van der Waals surface area contributed by atoms with Crippen molar-refractivity contribution in [2.75, 3.05) is 0 Å². The van der Waals surface area contributed by atoms with Gasteiger partial charge in [0.05, 0.1) is 5.69 Å². The maximum atomic E-state index is 5.16. The van der Waals surface area contributed by atoms with Crippen LogP contribution in [-0.2, 0) is 25.8 Å². The Morgan fingerprint density at radius 1 is 0.463 bits per heavy atom. The van der Waals surface area contributed by atoms with Gasteiger partial charge >= 0.3 is 0 Å². The molecule has 0 spiro atoms. The highest BCUT2D eigenvalue weighted by Crippen LogP contribution is 2.17. The van der Waals surface area contributed by atoms with Crippen molar-refractivity contribution in [1.29, 1.82) is 0 Å². The Labute approximate surface area is 256 Å². The smallest absolute Gasteiger partial charge is 0.108 e. The van der Waals surface area contributed by atoms with E-state index in [4.69, 9.17) is 4.98 Å². The molecule has 0 radical (unpaired) electrons. The van der Waals surface area contributed by atoms with E-state index in [0.29, 0.717) is 0 Å². The Morgan fingerprint density at radius 3 is 1.44 bits per heavy atom. The van der Waals surface area contributed by atoms with E-state index in [1.807, 2.05) is 0 Å². The lowest BCUT2D eigenvalue weighted by atomic mass is 10.0. The molecule has 0 N–H and O–H groups in total. The summed E-state index contributed by atoms with van der Waals surface area (Å²) in [4.78, 5) is 5.16. The summed E-state index contributed by atoms with van der Waals surface area (Å²) in [7, 11) is 0. The number of hydrogen-bond donors (Lipinski definition) is 0. The Bertz CT molecular complexity index is 808. The van der Waals surface area contributed by atoms with Gasteiger partial charge in [-0.1, -0.05) is 179 Å².